The van der Waals surface area contributed by atoms with E-state index in [-0.39, 0.29) is 18.7 Å². The molecule has 1 aromatic rings. The van der Waals surface area contributed by atoms with E-state index in [9.17, 15) is 4.79 Å². The van der Waals surface area contributed by atoms with Crippen molar-refractivity contribution in [3.05, 3.63) is 35.9 Å². The number of ether oxygens (including phenoxy) is 1. The lowest BCUT2D eigenvalue weighted by Gasteiger charge is -2.35. The van der Waals surface area contributed by atoms with Gasteiger partial charge in [0.15, 0.2) is 6.19 Å². The molecule has 0 aliphatic carbocycles. The van der Waals surface area contributed by atoms with Gasteiger partial charge in [-0.3, -0.25) is 0 Å². The average Bonchev–Trinajstić information content (AvgIpc) is 2.62. The fourth-order valence-corrected chi connectivity index (χ4v) is 2.66. The first kappa shape index (κ1) is 16.6. The van der Waals surface area contributed by atoms with E-state index in [4.69, 9.17) is 15.3 Å². The molecule has 1 saturated heterocycles. The molecule has 0 bridgehead atoms. The first-order valence-corrected chi connectivity index (χ1v) is 7.73. The Bertz CT molecular complexity index is 583. The van der Waals surface area contributed by atoms with Crippen molar-refractivity contribution in [3.8, 4) is 12.3 Å². The second-order valence-electron chi connectivity index (χ2n) is 5.46. The second-order valence-corrected chi connectivity index (χ2v) is 5.46. The molecule has 0 N–H and O–H groups in total. The van der Waals surface area contributed by atoms with Gasteiger partial charge in [-0.05, 0) is 18.4 Å². The topological polar surface area (TPSA) is 80.4 Å². The lowest BCUT2D eigenvalue weighted by molar-refractivity contribution is 0.0772. The summed E-state index contributed by atoms with van der Waals surface area (Å²) >= 11 is 0. The summed E-state index contributed by atoms with van der Waals surface area (Å²) in [5.74, 6) is 0. The normalized spacial score (nSPS) is 14.6. The van der Waals surface area contributed by atoms with Gasteiger partial charge in [0.2, 0.25) is 0 Å². The molecule has 23 heavy (non-hydrogen) atoms. The lowest BCUT2D eigenvalue weighted by Crippen LogP contribution is -2.45. The van der Waals surface area contributed by atoms with Crippen LogP contribution < -0.4 is 0 Å². The third kappa shape index (κ3) is 4.89. The zero-order chi connectivity index (χ0) is 16.5. The molecule has 120 valence electrons. The number of carbonyl (C=O) groups excluding carboxylic acids is 1. The predicted octanol–water partition coefficient (Wildman–Crippen LogP) is 2.48. The Morgan fingerprint density at radius 2 is 1.96 bits per heavy atom. The molecule has 2 rings (SSSR count). The van der Waals surface area contributed by atoms with Gasteiger partial charge in [-0.1, -0.05) is 30.3 Å². The number of carbonyl (C=O) groups is 1. The molecule has 0 saturated carbocycles. The molecule has 1 amide bonds. The van der Waals surface area contributed by atoms with Crippen LogP contribution in [0.3, 0.4) is 0 Å². The number of likely N-dealkylation sites (tertiary alicyclic amines) is 1. The molecule has 0 aromatic heterocycles. The van der Waals surface area contributed by atoms with Gasteiger partial charge in [0.25, 0.3) is 0 Å². The van der Waals surface area contributed by atoms with Crippen LogP contribution in [0, 0.1) is 22.8 Å². The minimum absolute atomic E-state index is 0.103. The van der Waals surface area contributed by atoms with Crippen molar-refractivity contribution in [2.45, 2.75) is 31.9 Å². The van der Waals surface area contributed by atoms with Gasteiger partial charge in [-0.25, -0.2) is 4.79 Å². The first-order valence-electron chi connectivity index (χ1n) is 7.73. The highest BCUT2D eigenvalue weighted by Gasteiger charge is 2.27. The lowest BCUT2D eigenvalue weighted by atomic mass is 10.0. The molecule has 0 radical (unpaired) electrons. The van der Waals surface area contributed by atoms with Crippen molar-refractivity contribution in [1.82, 2.24) is 9.80 Å². The number of hydrogen-bond donors (Lipinski definition) is 0. The zero-order valence-electron chi connectivity index (χ0n) is 13.0. The Balaban J connectivity index is 1.76. The summed E-state index contributed by atoms with van der Waals surface area (Å²) in [6, 6.07) is 11.7. The third-order valence-electron chi connectivity index (χ3n) is 3.96. The van der Waals surface area contributed by atoms with Gasteiger partial charge >= 0.3 is 6.09 Å². The summed E-state index contributed by atoms with van der Waals surface area (Å²) in [7, 11) is 0. The Hall–Kier alpha value is -2.73. The van der Waals surface area contributed by atoms with E-state index in [1.54, 1.807) is 9.80 Å². The highest BCUT2D eigenvalue weighted by Crippen LogP contribution is 2.17. The van der Waals surface area contributed by atoms with Crippen molar-refractivity contribution in [2.24, 2.45) is 0 Å². The Morgan fingerprint density at radius 1 is 1.26 bits per heavy atom. The van der Waals surface area contributed by atoms with Crippen LogP contribution in [0.4, 0.5) is 4.79 Å². The Labute approximate surface area is 136 Å². The van der Waals surface area contributed by atoms with Crippen LogP contribution in [0.1, 0.15) is 24.8 Å². The third-order valence-corrected chi connectivity index (χ3v) is 3.96. The van der Waals surface area contributed by atoms with Gasteiger partial charge in [0.05, 0.1) is 12.5 Å². The molecule has 6 heteroatoms. The van der Waals surface area contributed by atoms with Crippen LogP contribution in [-0.4, -0.2) is 41.6 Å². The van der Waals surface area contributed by atoms with Crippen LogP contribution >= 0.6 is 0 Å². The number of nitriles is 2. The van der Waals surface area contributed by atoms with Crippen molar-refractivity contribution >= 4 is 6.09 Å². The van der Waals surface area contributed by atoms with Gasteiger partial charge < -0.3 is 14.5 Å². The van der Waals surface area contributed by atoms with E-state index in [1.807, 2.05) is 30.3 Å². The van der Waals surface area contributed by atoms with Crippen LogP contribution in [0.5, 0.6) is 0 Å². The molecule has 1 aliphatic heterocycles. The Kier molecular flexibility index (Phi) is 6.26. The van der Waals surface area contributed by atoms with Crippen LogP contribution in [0.15, 0.2) is 30.3 Å². The van der Waals surface area contributed by atoms with E-state index < -0.39 is 0 Å². The maximum Gasteiger partial charge on any atom is 0.410 e. The summed E-state index contributed by atoms with van der Waals surface area (Å²) < 4.78 is 5.32. The highest BCUT2D eigenvalue weighted by molar-refractivity contribution is 5.67. The predicted molar refractivity (Wildman–Crippen MR) is 83.8 cm³/mol. The van der Waals surface area contributed by atoms with Crippen molar-refractivity contribution in [1.29, 1.82) is 10.5 Å². The molecule has 0 unspecified atom stereocenters. The molecule has 1 heterocycles. The van der Waals surface area contributed by atoms with Crippen molar-refractivity contribution in [3.63, 3.8) is 0 Å². The minimum Gasteiger partial charge on any atom is -0.445 e. The number of nitrogens with zero attached hydrogens (tertiary/aromatic N) is 4. The number of benzene rings is 1. The second kappa shape index (κ2) is 8.65. The molecule has 0 atom stereocenters. The molecule has 0 spiro atoms. The summed E-state index contributed by atoms with van der Waals surface area (Å²) in [6.45, 7) is 1.87. The monoisotopic (exact) mass is 312 g/mol. The fraction of sp³-hybridized carbons (Fsp3) is 0.471. The smallest absolute Gasteiger partial charge is 0.410 e. The maximum absolute atomic E-state index is 12.1. The molecule has 6 nitrogen and oxygen atoms in total. The number of piperidine rings is 1. The standard InChI is InChI=1S/C17H20N4O2/c18-9-4-10-21(14-19)16-7-11-20(12-8-16)17(22)23-13-15-5-2-1-3-6-15/h1-3,5-6,16H,4,7-8,10-13H2. The van der Waals surface area contributed by atoms with E-state index in [1.165, 1.54) is 0 Å². The molecule has 1 aromatic carbocycles. The Morgan fingerprint density at radius 3 is 2.57 bits per heavy atom. The van der Waals surface area contributed by atoms with E-state index in [0.29, 0.717) is 26.1 Å². The van der Waals surface area contributed by atoms with E-state index in [2.05, 4.69) is 12.3 Å². The number of rotatable bonds is 5. The van der Waals surface area contributed by atoms with Crippen LogP contribution in [0.2, 0.25) is 0 Å². The first-order chi connectivity index (χ1) is 11.2. The fourth-order valence-electron chi connectivity index (χ4n) is 2.66. The van der Waals surface area contributed by atoms with Gasteiger partial charge in [0, 0.05) is 25.7 Å². The van der Waals surface area contributed by atoms with Crippen molar-refractivity contribution < 1.29 is 9.53 Å². The van der Waals surface area contributed by atoms with Crippen LogP contribution in [-0.2, 0) is 11.3 Å². The SMILES string of the molecule is N#CCCN(C#N)C1CCN(C(=O)OCc2ccccc2)CC1. The van der Waals surface area contributed by atoms with Crippen molar-refractivity contribution in [2.75, 3.05) is 19.6 Å². The quantitative estimate of drug-likeness (QED) is 0.616. The van der Waals surface area contributed by atoms with Gasteiger partial charge in [-0.15, -0.1) is 0 Å². The van der Waals surface area contributed by atoms with Gasteiger partial charge in [0.1, 0.15) is 6.61 Å². The molecular weight excluding hydrogens is 292 g/mol. The number of amides is 1. The van der Waals surface area contributed by atoms with Gasteiger partial charge in [-0.2, -0.15) is 10.5 Å². The summed E-state index contributed by atoms with van der Waals surface area (Å²) in [4.78, 5) is 15.4. The minimum atomic E-state index is -0.312. The van der Waals surface area contributed by atoms with Crippen LogP contribution in [0.25, 0.3) is 0 Å². The largest absolute Gasteiger partial charge is 0.445 e. The highest BCUT2D eigenvalue weighted by atomic mass is 16.6. The van der Waals surface area contributed by atoms with E-state index in [0.717, 1.165) is 18.4 Å². The number of hydrogen-bond acceptors (Lipinski definition) is 5. The summed E-state index contributed by atoms with van der Waals surface area (Å²) in [5.41, 5.74) is 0.961. The average molecular weight is 312 g/mol. The summed E-state index contributed by atoms with van der Waals surface area (Å²) in [5, 5.41) is 17.8. The molecular formula is C17H20N4O2. The zero-order valence-corrected chi connectivity index (χ0v) is 13.0. The molecule has 1 fully saturated rings. The molecule has 1 aliphatic rings. The maximum atomic E-state index is 12.1. The summed E-state index contributed by atoms with van der Waals surface area (Å²) in [6.07, 6.45) is 3.62. The van der Waals surface area contributed by atoms with E-state index >= 15 is 0 Å².